The van der Waals surface area contributed by atoms with E-state index in [9.17, 15) is 0 Å². The van der Waals surface area contributed by atoms with Crippen LogP contribution in [0.25, 0.3) is 61.4 Å². The van der Waals surface area contributed by atoms with Crippen LogP contribution in [-0.2, 0) is 0 Å². The number of benzene rings is 9. The van der Waals surface area contributed by atoms with Gasteiger partial charge in [-0.25, -0.2) is 9.97 Å². The topological polar surface area (TPSA) is 37.2 Å². The summed E-state index contributed by atoms with van der Waals surface area (Å²) in [5.41, 5.74) is 17.1. The first kappa shape index (κ1) is 39.3. The minimum Gasteiger partial charge on any atom is -0.310 e. The molecule has 11 rings (SSSR count). The third-order valence-electron chi connectivity index (χ3n) is 12.3. The van der Waals surface area contributed by atoms with Crippen LogP contribution in [0.5, 0.6) is 0 Å². The lowest BCUT2D eigenvalue weighted by Crippen LogP contribution is -2.09. The number of nitrogens with zero attached hydrogens (tertiary/aromatic N) is 5. The molecule has 0 aliphatic carbocycles. The van der Waals surface area contributed by atoms with E-state index < -0.39 is 0 Å². The largest absolute Gasteiger partial charge is 0.310 e. The van der Waals surface area contributed by atoms with Crippen LogP contribution in [-0.4, -0.2) is 14.5 Å². The Bertz CT molecular complexity index is 3150. The highest BCUT2D eigenvalue weighted by molar-refractivity contribution is 6.12. The molecule has 65 heavy (non-hydrogen) atoms. The molecule has 0 saturated carbocycles. The average molecular weight is 836 g/mol. The molecule has 310 valence electrons. The van der Waals surface area contributed by atoms with Crippen LogP contribution in [0.15, 0.2) is 237 Å². The zero-order chi connectivity index (χ0) is 43.7. The second-order valence-corrected chi connectivity index (χ2v) is 16.4. The first-order valence-electron chi connectivity index (χ1n) is 22.1. The highest BCUT2D eigenvalue weighted by atomic mass is 15.1. The minimum absolute atomic E-state index is 0.719. The number of para-hydroxylation sites is 4. The van der Waals surface area contributed by atoms with Crippen LogP contribution in [0.1, 0.15) is 11.1 Å². The normalized spacial score (nSPS) is 11.2. The summed E-state index contributed by atoms with van der Waals surface area (Å²) in [6.45, 7) is 4.26. The Balaban J connectivity index is 1.09. The third-order valence-corrected chi connectivity index (χ3v) is 12.3. The van der Waals surface area contributed by atoms with Gasteiger partial charge in [-0.05, 0) is 128 Å². The molecule has 0 N–H and O–H groups in total. The predicted octanol–water partition coefficient (Wildman–Crippen LogP) is 16.1. The van der Waals surface area contributed by atoms with Crippen molar-refractivity contribution in [3.8, 4) is 39.6 Å². The fourth-order valence-corrected chi connectivity index (χ4v) is 9.08. The van der Waals surface area contributed by atoms with E-state index in [4.69, 9.17) is 9.97 Å². The van der Waals surface area contributed by atoms with Crippen LogP contribution < -0.4 is 9.80 Å². The second kappa shape index (κ2) is 17.0. The SMILES string of the molecule is Cc1ccccc1-c1cc(-c2ccc(-n3c4ccc(N(c5ccccc5)c5ccccc5)cc4c4cc(N(c5ccccc5)c5ccccc5)ccc43)cc2)nc(-c2ccccc2C)n1. The van der Waals surface area contributed by atoms with Crippen molar-refractivity contribution >= 4 is 55.9 Å². The van der Waals surface area contributed by atoms with Gasteiger partial charge < -0.3 is 14.4 Å². The van der Waals surface area contributed by atoms with Gasteiger partial charge in [0.05, 0.1) is 22.4 Å². The zero-order valence-electron chi connectivity index (χ0n) is 36.3. The lowest BCUT2D eigenvalue weighted by atomic mass is 10.0. The molecule has 0 aliphatic heterocycles. The third kappa shape index (κ3) is 7.49. The summed E-state index contributed by atoms with van der Waals surface area (Å²) in [4.78, 5) is 15.0. The summed E-state index contributed by atoms with van der Waals surface area (Å²) in [6, 6.07) is 83.9. The van der Waals surface area contributed by atoms with E-state index in [0.29, 0.717) is 0 Å². The maximum absolute atomic E-state index is 5.21. The molecular formula is C60H45N5. The first-order chi connectivity index (χ1) is 32.1. The Hall–Kier alpha value is -8.54. The monoisotopic (exact) mass is 835 g/mol. The molecule has 2 heterocycles. The molecule has 0 bridgehead atoms. The highest BCUT2D eigenvalue weighted by Crippen LogP contribution is 2.43. The lowest BCUT2D eigenvalue weighted by Gasteiger charge is -2.26. The quantitative estimate of drug-likeness (QED) is 0.138. The molecule has 0 atom stereocenters. The number of hydrogen-bond acceptors (Lipinski definition) is 4. The summed E-state index contributed by atoms with van der Waals surface area (Å²) in [7, 11) is 0. The number of fused-ring (bicyclic) bond motifs is 3. The standard InChI is InChI=1S/C60H45N5/c1-42-19-15-17-29-52(42)57-41-56(61-60(62-57)53-30-18-16-20-43(53)2)44-31-33-49(34-32-44)65-58-37-35-50(63(45-21-7-3-8-22-45)46-23-9-4-10-24-46)39-54(58)55-40-51(36-38-59(55)65)64(47-25-11-5-12-26-47)48-27-13-6-14-28-48/h3-41H,1-2H3. The molecule has 0 fully saturated rings. The summed E-state index contributed by atoms with van der Waals surface area (Å²) < 4.78 is 2.39. The van der Waals surface area contributed by atoms with E-state index >= 15 is 0 Å². The van der Waals surface area contributed by atoms with Gasteiger partial charge in [-0.15, -0.1) is 0 Å². The van der Waals surface area contributed by atoms with Crippen molar-refractivity contribution in [1.82, 2.24) is 14.5 Å². The van der Waals surface area contributed by atoms with Crippen molar-refractivity contribution in [3.63, 3.8) is 0 Å². The van der Waals surface area contributed by atoms with Crippen molar-refractivity contribution < 1.29 is 0 Å². The van der Waals surface area contributed by atoms with Crippen molar-refractivity contribution in [2.75, 3.05) is 9.80 Å². The molecular weight excluding hydrogens is 791 g/mol. The van der Waals surface area contributed by atoms with Gasteiger partial charge in [0.15, 0.2) is 5.82 Å². The zero-order valence-corrected chi connectivity index (χ0v) is 36.3. The molecule has 0 saturated heterocycles. The predicted molar refractivity (Wildman–Crippen MR) is 272 cm³/mol. The number of hydrogen-bond donors (Lipinski definition) is 0. The molecule has 11 aromatic rings. The highest BCUT2D eigenvalue weighted by Gasteiger charge is 2.21. The van der Waals surface area contributed by atoms with Crippen molar-refractivity contribution in [2.24, 2.45) is 0 Å². The van der Waals surface area contributed by atoms with Gasteiger partial charge >= 0.3 is 0 Å². The number of rotatable bonds is 10. The van der Waals surface area contributed by atoms with Gasteiger partial charge in [-0.3, -0.25) is 0 Å². The lowest BCUT2D eigenvalue weighted by molar-refractivity contribution is 1.16. The van der Waals surface area contributed by atoms with E-state index in [2.05, 4.69) is 265 Å². The van der Waals surface area contributed by atoms with E-state index in [1.807, 2.05) is 0 Å². The molecule has 2 aromatic heterocycles. The number of aromatic nitrogens is 3. The summed E-state index contributed by atoms with van der Waals surface area (Å²) in [5.74, 6) is 0.719. The molecule has 9 aromatic carbocycles. The maximum Gasteiger partial charge on any atom is 0.160 e. The maximum atomic E-state index is 5.21. The molecule has 0 aliphatic rings. The van der Waals surface area contributed by atoms with Gasteiger partial charge in [-0.1, -0.05) is 133 Å². The van der Waals surface area contributed by atoms with Gasteiger partial charge in [0.1, 0.15) is 0 Å². The summed E-state index contributed by atoms with van der Waals surface area (Å²) >= 11 is 0. The summed E-state index contributed by atoms with van der Waals surface area (Å²) in [6.07, 6.45) is 0. The molecule has 5 heteroatoms. The molecule has 0 unspecified atom stereocenters. The fourth-order valence-electron chi connectivity index (χ4n) is 9.08. The Morgan fingerprint density at radius 2 is 0.738 bits per heavy atom. The van der Waals surface area contributed by atoms with E-state index in [-0.39, 0.29) is 0 Å². The number of anilines is 6. The van der Waals surface area contributed by atoms with Crippen molar-refractivity contribution in [1.29, 1.82) is 0 Å². The van der Waals surface area contributed by atoms with Crippen molar-refractivity contribution in [2.45, 2.75) is 13.8 Å². The molecule has 0 amide bonds. The molecule has 0 radical (unpaired) electrons. The Labute approximate surface area is 379 Å². The Kier molecular flexibility index (Phi) is 10.3. The van der Waals surface area contributed by atoms with Gasteiger partial charge in [0.25, 0.3) is 0 Å². The van der Waals surface area contributed by atoms with Gasteiger partial charge in [0.2, 0.25) is 0 Å². The van der Waals surface area contributed by atoms with Crippen LogP contribution in [0.3, 0.4) is 0 Å². The van der Waals surface area contributed by atoms with Crippen molar-refractivity contribution in [3.05, 3.63) is 248 Å². The molecule has 5 nitrogen and oxygen atoms in total. The van der Waals surface area contributed by atoms with E-state index in [0.717, 1.165) is 101 Å². The van der Waals surface area contributed by atoms with Crippen LogP contribution in [0.4, 0.5) is 34.1 Å². The average Bonchev–Trinajstić information content (AvgIpc) is 3.69. The Morgan fingerprint density at radius 3 is 1.18 bits per heavy atom. The van der Waals surface area contributed by atoms with Crippen LogP contribution >= 0.6 is 0 Å². The smallest absolute Gasteiger partial charge is 0.160 e. The van der Waals surface area contributed by atoms with E-state index in [1.54, 1.807) is 0 Å². The first-order valence-corrected chi connectivity index (χ1v) is 22.1. The van der Waals surface area contributed by atoms with Gasteiger partial charge in [-0.2, -0.15) is 0 Å². The second-order valence-electron chi connectivity index (χ2n) is 16.4. The van der Waals surface area contributed by atoms with Crippen LogP contribution in [0, 0.1) is 13.8 Å². The fraction of sp³-hybridized carbons (Fsp3) is 0.0333. The van der Waals surface area contributed by atoms with Crippen LogP contribution in [0.2, 0.25) is 0 Å². The minimum atomic E-state index is 0.719. The summed E-state index contributed by atoms with van der Waals surface area (Å²) in [5, 5.41) is 2.31. The van der Waals surface area contributed by atoms with E-state index in [1.165, 1.54) is 5.56 Å². The Morgan fingerprint density at radius 1 is 0.338 bits per heavy atom. The van der Waals surface area contributed by atoms with Gasteiger partial charge in [0, 0.05) is 67.3 Å². The number of aryl methyl sites for hydroxylation is 2. The molecule has 0 spiro atoms.